The Bertz CT molecular complexity index is 517. The summed E-state index contributed by atoms with van der Waals surface area (Å²) >= 11 is 0. The number of nitrogens with one attached hydrogen (secondary N) is 1. The van der Waals surface area contributed by atoms with Crippen LogP contribution in [0.1, 0.15) is 20.3 Å². The fraction of sp³-hybridized carbons (Fsp3) is 0.455. The van der Waals surface area contributed by atoms with Crippen LogP contribution in [-0.4, -0.2) is 25.7 Å². The van der Waals surface area contributed by atoms with Crippen LogP contribution < -0.4 is 4.72 Å². The van der Waals surface area contributed by atoms with Crippen molar-refractivity contribution in [1.82, 2.24) is 4.72 Å². The van der Waals surface area contributed by atoms with Gasteiger partial charge in [0.1, 0.15) is 16.5 Å². The van der Waals surface area contributed by atoms with E-state index in [1.54, 1.807) is 6.92 Å². The number of hydrogen-bond acceptors (Lipinski definition) is 3. The smallest absolute Gasteiger partial charge is 0.243 e. The largest absolute Gasteiger partial charge is 0.393 e. The van der Waals surface area contributed by atoms with Gasteiger partial charge < -0.3 is 5.11 Å². The van der Waals surface area contributed by atoms with Crippen molar-refractivity contribution in [2.24, 2.45) is 0 Å². The average molecular weight is 279 g/mol. The van der Waals surface area contributed by atoms with E-state index in [2.05, 4.69) is 4.72 Å². The summed E-state index contributed by atoms with van der Waals surface area (Å²) in [5.41, 5.74) is 0. The van der Waals surface area contributed by atoms with Crippen LogP contribution in [-0.2, 0) is 10.0 Å². The first-order valence-corrected chi connectivity index (χ1v) is 6.86. The number of halogens is 2. The van der Waals surface area contributed by atoms with Crippen LogP contribution in [0.5, 0.6) is 0 Å². The van der Waals surface area contributed by atoms with E-state index in [9.17, 15) is 17.2 Å². The molecular formula is C11H15F2NO3S. The number of aliphatic hydroxyl groups is 1. The van der Waals surface area contributed by atoms with Crippen molar-refractivity contribution in [3.63, 3.8) is 0 Å². The van der Waals surface area contributed by atoms with Crippen molar-refractivity contribution in [2.75, 3.05) is 0 Å². The summed E-state index contributed by atoms with van der Waals surface area (Å²) in [5, 5.41) is 9.12. The summed E-state index contributed by atoms with van der Waals surface area (Å²) in [6.07, 6.45) is -0.483. The first-order chi connectivity index (χ1) is 8.22. The SMILES string of the molecule is CC(O)CC(C)NS(=O)(=O)c1ccc(F)cc1F. The summed E-state index contributed by atoms with van der Waals surface area (Å²) in [7, 11) is -4.06. The van der Waals surface area contributed by atoms with Gasteiger partial charge in [-0.25, -0.2) is 21.9 Å². The van der Waals surface area contributed by atoms with Gasteiger partial charge in [-0.2, -0.15) is 0 Å². The Morgan fingerprint density at radius 3 is 2.44 bits per heavy atom. The molecule has 4 nitrogen and oxygen atoms in total. The summed E-state index contributed by atoms with van der Waals surface area (Å²) in [5.74, 6) is -1.99. The van der Waals surface area contributed by atoms with Crippen LogP contribution in [0.2, 0.25) is 0 Å². The predicted octanol–water partition coefficient (Wildman–Crippen LogP) is 1.40. The van der Waals surface area contributed by atoms with E-state index in [1.165, 1.54) is 6.92 Å². The highest BCUT2D eigenvalue weighted by atomic mass is 32.2. The fourth-order valence-corrected chi connectivity index (χ4v) is 2.90. The molecule has 0 bridgehead atoms. The molecule has 102 valence electrons. The zero-order valence-corrected chi connectivity index (χ0v) is 10.8. The number of rotatable bonds is 5. The third-order valence-electron chi connectivity index (χ3n) is 2.23. The van der Waals surface area contributed by atoms with E-state index < -0.39 is 38.7 Å². The van der Waals surface area contributed by atoms with Crippen LogP contribution in [0.15, 0.2) is 23.1 Å². The van der Waals surface area contributed by atoms with Gasteiger partial charge in [0, 0.05) is 12.1 Å². The highest BCUT2D eigenvalue weighted by Crippen LogP contribution is 2.16. The van der Waals surface area contributed by atoms with Gasteiger partial charge in [-0.3, -0.25) is 0 Å². The molecule has 18 heavy (non-hydrogen) atoms. The third-order valence-corrected chi connectivity index (χ3v) is 3.86. The van der Waals surface area contributed by atoms with Crippen molar-refractivity contribution in [1.29, 1.82) is 0 Å². The first-order valence-electron chi connectivity index (χ1n) is 5.38. The zero-order chi connectivity index (χ0) is 13.9. The normalized spacial score (nSPS) is 15.4. The molecule has 0 heterocycles. The van der Waals surface area contributed by atoms with Crippen molar-refractivity contribution >= 4 is 10.0 Å². The molecule has 0 fully saturated rings. The Labute approximate surface area is 105 Å². The van der Waals surface area contributed by atoms with Gasteiger partial charge in [0.2, 0.25) is 10.0 Å². The molecule has 0 saturated heterocycles. The monoisotopic (exact) mass is 279 g/mol. The van der Waals surface area contributed by atoms with E-state index in [0.29, 0.717) is 6.07 Å². The number of aliphatic hydroxyl groups excluding tert-OH is 1. The zero-order valence-electron chi connectivity index (χ0n) is 10.0. The fourth-order valence-electron chi connectivity index (χ4n) is 1.58. The van der Waals surface area contributed by atoms with Gasteiger partial charge >= 0.3 is 0 Å². The predicted molar refractivity (Wildman–Crippen MR) is 62.4 cm³/mol. The minimum atomic E-state index is -4.06. The molecule has 2 N–H and O–H groups in total. The van der Waals surface area contributed by atoms with Crippen LogP contribution in [0, 0.1) is 11.6 Å². The molecule has 0 spiro atoms. The van der Waals surface area contributed by atoms with Gasteiger partial charge in [-0.15, -0.1) is 0 Å². The Kier molecular flexibility index (Phi) is 4.78. The summed E-state index contributed by atoms with van der Waals surface area (Å²) in [4.78, 5) is -0.610. The maximum Gasteiger partial charge on any atom is 0.243 e. The molecular weight excluding hydrogens is 264 g/mol. The molecule has 0 amide bonds. The first kappa shape index (κ1) is 15.0. The van der Waals surface area contributed by atoms with E-state index in [-0.39, 0.29) is 6.42 Å². The van der Waals surface area contributed by atoms with Gasteiger partial charge in [-0.1, -0.05) is 0 Å². The maximum atomic E-state index is 13.4. The molecule has 1 aromatic rings. The van der Waals surface area contributed by atoms with Crippen molar-refractivity contribution in [3.05, 3.63) is 29.8 Å². The van der Waals surface area contributed by atoms with Gasteiger partial charge in [-0.05, 0) is 32.4 Å². The Hall–Kier alpha value is -1.05. The molecule has 1 rings (SSSR count). The lowest BCUT2D eigenvalue weighted by Gasteiger charge is -2.15. The molecule has 2 atom stereocenters. The van der Waals surface area contributed by atoms with Crippen LogP contribution in [0.3, 0.4) is 0 Å². The summed E-state index contributed by atoms with van der Waals surface area (Å²) < 4.78 is 51.8. The molecule has 7 heteroatoms. The Morgan fingerprint density at radius 1 is 1.33 bits per heavy atom. The standard InChI is InChI=1S/C11H15F2NO3S/c1-7(5-8(2)15)14-18(16,17)11-4-3-9(12)6-10(11)13/h3-4,6-8,14-15H,5H2,1-2H3. The van der Waals surface area contributed by atoms with E-state index in [0.717, 1.165) is 12.1 Å². The molecule has 1 aromatic carbocycles. The molecule has 0 aromatic heterocycles. The van der Waals surface area contributed by atoms with Crippen LogP contribution in [0.4, 0.5) is 8.78 Å². The molecule has 0 aliphatic rings. The molecule has 0 radical (unpaired) electrons. The second kappa shape index (κ2) is 5.73. The van der Waals surface area contributed by atoms with E-state index >= 15 is 0 Å². The highest BCUT2D eigenvalue weighted by Gasteiger charge is 2.22. The maximum absolute atomic E-state index is 13.4. The quantitative estimate of drug-likeness (QED) is 0.856. The highest BCUT2D eigenvalue weighted by molar-refractivity contribution is 7.89. The molecule has 0 saturated carbocycles. The van der Waals surface area contributed by atoms with Gasteiger partial charge in [0.15, 0.2) is 0 Å². The van der Waals surface area contributed by atoms with Crippen LogP contribution in [0.25, 0.3) is 0 Å². The number of benzene rings is 1. The minimum absolute atomic E-state index is 0.196. The van der Waals surface area contributed by atoms with Gasteiger partial charge in [0.05, 0.1) is 6.10 Å². The average Bonchev–Trinajstić information content (AvgIpc) is 2.13. The van der Waals surface area contributed by atoms with Gasteiger partial charge in [0.25, 0.3) is 0 Å². The Balaban J connectivity index is 2.93. The summed E-state index contributed by atoms with van der Waals surface area (Å²) in [6.45, 7) is 3.06. The molecule has 0 aliphatic heterocycles. The number of sulfonamides is 1. The van der Waals surface area contributed by atoms with E-state index in [4.69, 9.17) is 5.11 Å². The second-order valence-corrected chi connectivity index (χ2v) is 5.86. The van der Waals surface area contributed by atoms with E-state index in [1.807, 2.05) is 0 Å². The van der Waals surface area contributed by atoms with Crippen molar-refractivity contribution in [2.45, 2.75) is 37.3 Å². The van der Waals surface area contributed by atoms with Crippen molar-refractivity contribution in [3.8, 4) is 0 Å². The Morgan fingerprint density at radius 2 is 1.94 bits per heavy atom. The minimum Gasteiger partial charge on any atom is -0.393 e. The summed E-state index contributed by atoms with van der Waals surface area (Å²) in [6, 6.07) is 1.69. The molecule has 2 unspecified atom stereocenters. The lowest BCUT2D eigenvalue weighted by atomic mass is 10.2. The van der Waals surface area contributed by atoms with Crippen molar-refractivity contribution < 1.29 is 22.3 Å². The lowest BCUT2D eigenvalue weighted by molar-refractivity contribution is 0.175. The van der Waals surface area contributed by atoms with Crippen LogP contribution >= 0.6 is 0 Å². The molecule has 0 aliphatic carbocycles. The third kappa shape index (κ3) is 4.01. The second-order valence-electron chi connectivity index (χ2n) is 4.18. The lowest BCUT2D eigenvalue weighted by Crippen LogP contribution is -2.35. The number of hydrogen-bond donors (Lipinski definition) is 2. The topological polar surface area (TPSA) is 66.4 Å².